The second-order valence-electron chi connectivity index (χ2n) is 2.08. The van der Waals surface area contributed by atoms with Gasteiger partial charge < -0.3 is 0 Å². The minimum absolute atomic E-state index is 1.07. The van der Waals surface area contributed by atoms with Crippen molar-refractivity contribution in [1.82, 2.24) is 0 Å². The van der Waals surface area contributed by atoms with E-state index >= 15 is 0 Å². The van der Waals surface area contributed by atoms with Gasteiger partial charge in [0.15, 0.2) is 0 Å². The molecule has 0 amide bonds. The molecule has 0 radical (unpaired) electrons. The van der Waals surface area contributed by atoms with Crippen LogP contribution in [0.4, 0.5) is 0 Å². The third-order valence-corrected chi connectivity index (χ3v) is 1.13. The van der Waals surface area contributed by atoms with Gasteiger partial charge >= 0.3 is 0 Å². The van der Waals surface area contributed by atoms with Gasteiger partial charge in [-0.1, -0.05) is 25.8 Å². The van der Waals surface area contributed by atoms with Crippen LogP contribution in [0, 0.1) is 11.8 Å². The lowest BCUT2D eigenvalue weighted by molar-refractivity contribution is 0.802. The van der Waals surface area contributed by atoms with E-state index in [0.717, 1.165) is 12.0 Å². The summed E-state index contributed by atoms with van der Waals surface area (Å²) >= 11 is 0. The summed E-state index contributed by atoms with van der Waals surface area (Å²) in [6, 6.07) is 0. The van der Waals surface area contributed by atoms with Crippen LogP contribution in [0.25, 0.3) is 0 Å². The van der Waals surface area contributed by atoms with Crippen LogP contribution in [0.1, 0.15) is 33.1 Å². The first kappa shape index (κ1) is 8.30. The Balaban J connectivity index is 3.35. The Labute approximate surface area is 58.0 Å². The molecule has 0 rings (SSSR count). The fraction of sp³-hybridized carbons (Fsp3) is 0.556. The molecule has 0 spiro atoms. The minimum atomic E-state index is 1.07. The lowest BCUT2D eigenvalue weighted by atomic mass is 10.1. The van der Waals surface area contributed by atoms with E-state index in [9.17, 15) is 0 Å². The zero-order valence-electron chi connectivity index (χ0n) is 6.33. The maximum atomic E-state index is 3.81. The summed E-state index contributed by atoms with van der Waals surface area (Å²) in [5.41, 5.74) is 1.07. The van der Waals surface area contributed by atoms with Crippen LogP contribution < -0.4 is 0 Å². The van der Waals surface area contributed by atoms with Crippen LogP contribution in [0.2, 0.25) is 0 Å². The molecule has 0 N–H and O–H groups in total. The average Bonchev–Trinajstić information content (AvgIpc) is 1.85. The third kappa shape index (κ3) is 5.17. The van der Waals surface area contributed by atoms with Crippen LogP contribution in [0.3, 0.4) is 0 Å². The van der Waals surface area contributed by atoms with Gasteiger partial charge in [-0.15, -0.1) is 5.92 Å². The molecule has 0 bridgehead atoms. The largest absolute Gasteiger partial charge is 0.102 e. The van der Waals surface area contributed by atoms with Gasteiger partial charge in [0.1, 0.15) is 0 Å². The summed E-state index contributed by atoms with van der Waals surface area (Å²) in [4.78, 5) is 0. The minimum Gasteiger partial charge on any atom is -0.102 e. The maximum absolute atomic E-state index is 3.81. The smallest absolute Gasteiger partial charge is 0.00234 e. The van der Waals surface area contributed by atoms with Crippen molar-refractivity contribution in [3.8, 4) is 11.8 Å². The summed E-state index contributed by atoms with van der Waals surface area (Å²) in [5.74, 6) is 5.76. The normalized spacial score (nSPS) is 7.78. The molecule has 0 heterocycles. The molecule has 0 saturated heterocycles. The molecule has 0 aliphatic heterocycles. The van der Waals surface area contributed by atoms with E-state index in [4.69, 9.17) is 0 Å². The number of hydrogen-bond donors (Lipinski definition) is 0. The highest BCUT2D eigenvalue weighted by atomic mass is 13.9. The number of allylic oxidation sites excluding steroid dienone is 1. The van der Waals surface area contributed by atoms with Crippen LogP contribution in [0.15, 0.2) is 12.2 Å². The highest BCUT2D eigenvalue weighted by molar-refractivity contribution is 5.24. The van der Waals surface area contributed by atoms with Crippen LogP contribution in [0.5, 0.6) is 0 Å². The molecule has 0 aromatic heterocycles. The zero-order valence-corrected chi connectivity index (χ0v) is 6.33. The van der Waals surface area contributed by atoms with E-state index in [2.05, 4.69) is 25.3 Å². The van der Waals surface area contributed by atoms with Crippen molar-refractivity contribution in [3.63, 3.8) is 0 Å². The summed E-state index contributed by atoms with van der Waals surface area (Å²) in [7, 11) is 0. The fourth-order valence-corrected chi connectivity index (χ4v) is 0.629. The first-order valence-electron chi connectivity index (χ1n) is 3.41. The van der Waals surface area contributed by atoms with E-state index in [-0.39, 0.29) is 0 Å². The van der Waals surface area contributed by atoms with Crippen LogP contribution >= 0.6 is 0 Å². The summed E-state index contributed by atoms with van der Waals surface area (Å²) in [6.45, 7) is 7.83. The molecule has 0 aliphatic carbocycles. The van der Waals surface area contributed by atoms with Gasteiger partial charge in [0.05, 0.1) is 0 Å². The van der Waals surface area contributed by atoms with Crippen molar-refractivity contribution in [2.75, 3.05) is 0 Å². The van der Waals surface area contributed by atoms with Gasteiger partial charge in [0.25, 0.3) is 0 Å². The molecule has 50 valence electrons. The van der Waals surface area contributed by atoms with Crippen molar-refractivity contribution in [2.45, 2.75) is 33.1 Å². The van der Waals surface area contributed by atoms with E-state index in [1.807, 2.05) is 6.92 Å². The standard InChI is InChI=1S/C9H14/c1-4-6-8-9(3)7-5-2/h3-4,6,8H2,1-2H3. The molecule has 9 heavy (non-hydrogen) atoms. The quantitative estimate of drug-likeness (QED) is 0.505. The molecule has 0 atom stereocenters. The predicted molar refractivity (Wildman–Crippen MR) is 42.1 cm³/mol. The Bertz CT molecular complexity index is 132. The van der Waals surface area contributed by atoms with Crippen LogP contribution in [-0.2, 0) is 0 Å². The zero-order chi connectivity index (χ0) is 7.11. The first-order valence-corrected chi connectivity index (χ1v) is 3.41. The lowest BCUT2D eigenvalue weighted by Crippen LogP contribution is -1.75. The molecule has 0 aromatic carbocycles. The highest BCUT2D eigenvalue weighted by Crippen LogP contribution is 2.02. The molecule has 0 fully saturated rings. The fourth-order valence-electron chi connectivity index (χ4n) is 0.629. The molecular formula is C9H14. The Morgan fingerprint density at radius 2 is 2.22 bits per heavy atom. The topological polar surface area (TPSA) is 0 Å². The molecular weight excluding hydrogens is 108 g/mol. The molecule has 0 unspecified atom stereocenters. The van der Waals surface area contributed by atoms with Gasteiger partial charge in [-0.05, 0) is 25.3 Å². The van der Waals surface area contributed by atoms with Gasteiger partial charge in [-0.25, -0.2) is 0 Å². The predicted octanol–water partition coefficient (Wildman–Crippen LogP) is 2.76. The second kappa shape index (κ2) is 5.44. The van der Waals surface area contributed by atoms with Crippen molar-refractivity contribution >= 4 is 0 Å². The molecule has 0 heteroatoms. The maximum Gasteiger partial charge on any atom is -0.00234 e. The van der Waals surface area contributed by atoms with E-state index in [1.165, 1.54) is 12.8 Å². The van der Waals surface area contributed by atoms with E-state index in [0.29, 0.717) is 0 Å². The number of hydrogen-bond acceptors (Lipinski definition) is 0. The van der Waals surface area contributed by atoms with E-state index in [1.54, 1.807) is 0 Å². The monoisotopic (exact) mass is 122 g/mol. The highest BCUT2D eigenvalue weighted by Gasteiger charge is 1.85. The summed E-state index contributed by atoms with van der Waals surface area (Å²) in [6.07, 6.45) is 3.51. The average molecular weight is 122 g/mol. The van der Waals surface area contributed by atoms with E-state index < -0.39 is 0 Å². The van der Waals surface area contributed by atoms with Crippen LogP contribution in [-0.4, -0.2) is 0 Å². The van der Waals surface area contributed by atoms with Crippen molar-refractivity contribution in [2.24, 2.45) is 0 Å². The van der Waals surface area contributed by atoms with Crippen molar-refractivity contribution in [1.29, 1.82) is 0 Å². The van der Waals surface area contributed by atoms with Gasteiger partial charge in [0, 0.05) is 0 Å². The summed E-state index contributed by atoms with van der Waals surface area (Å²) in [5, 5.41) is 0. The summed E-state index contributed by atoms with van der Waals surface area (Å²) < 4.78 is 0. The SMILES string of the molecule is C=C(C#CC)CCCC. The first-order chi connectivity index (χ1) is 4.31. The van der Waals surface area contributed by atoms with Crippen molar-refractivity contribution < 1.29 is 0 Å². The molecule has 0 aromatic rings. The number of unbranched alkanes of at least 4 members (excludes halogenated alkanes) is 1. The Kier molecular flexibility index (Phi) is 5.01. The third-order valence-electron chi connectivity index (χ3n) is 1.13. The molecule has 0 aliphatic rings. The van der Waals surface area contributed by atoms with Gasteiger partial charge in [-0.3, -0.25) is 0 Å². The molecule has 0 saturated carbocycles. The Morgan fingerprint density at radius 1 is 1.56 bits per heavy atom. The van der Waals surface area contributed by atoms with Gasteiger partial charge in [-0.2, -0.15) is 0 Å². The number of rotatable bonds is 3. The Morgan fingerprint density at radius 3 is 2.67 bits per heavy atom. The molecule has 0 nitrogen and oxygen atoms in total. The second-order valence-corrected chi connectivity index (χ2v) is 2.08. The van der Waals surface area contributed by atoms with Crippen molar-refractivity contribution in [3.05, 3.63) is 12.2 Å². The lowest BCUT2D eigenvalue weighted by Gasteiger charge is -1.91. The van der Waals surface area contributed by atoms with Gasteiger partial charge in [0.2, 0.25) is 0 Å². The Hall–Kier alpha value is -0.700.